The van der Waals surface area contributed by atoms with Crippen molar-refractivity contribution in [3.05, 3.63) is 58.9 Å². The molecule has 0 N–H and O–H groups in total. The maximum Gasteiger partial charge on any atom is 0.266 e. The van der Waals surface area contributed by atoms with Crippen LogP contribution in [0.15, 0.2) is 47.5 Å². The third-order valence-corrected chi connectivity index (χ3v) is 5.49. The number of likely N-dealkylation sites (tertiary alicyclic amines) is 1. The van der Waals surface area contributed by atoms with Crippen LogP contribution in [0.3, 0.4) is 0 Å². The van der Waals surface area contributed by atoms with Gasteiger partial charge in [-0.05, 0) is 62.7 Å². The summed E-state index contributed by atoms with van der Waals surface area (Å²) in [6.07, 6.45) is 8.97. The van der Waals surface area contributed by atoms with Crippen molar-refractivity contribution in [3.8, 4) is 11.4 Å². The van der Waals surface area contributed by atoms with Crippen LogP contribution in [0.1, 0.15) is 38.4 Å². The van der Waals surface area contributed by atoms with E-state index < -0.39 is 0 Å². The van der Waals surface area contributed by atoms with Gasteiger partial charge in [0.05, 0.1) is 29.4 Å². The Kier molecular flexibility index (Phi) is 6.20. The minimum atomic E-state index is -0.0653. The molecule has 1 aliphatic heterocycles. The van der Waals surface area contributed by atoms with E-state index in [-0.39, 0.29) is 5.56 Å². The number of fused-ring (bicyclic) bond motifs is 1. The predicted octanol–water partition coefficient (Wildman–Crippen LogP) is 3.60. The number of aromatic nitrogens is 3. The monoisotopic (exact) mass is 392 g/mol. The quantitative estimate of drug-likeness (QED) is 0.575. The Morgan fingerprint density at radius 1 is 1.07 bits per heavy atom. The second-order valence-electron chi connectivity index (χ2n) is 7.51. The molecule has 1 fully saturated rings. The molecule has 6 nitrogen and oxygen atoms in total. The maximum absolute atomic E-state index is 13.0. The van der Waals surface area contributed by atoms with Crippen molar-refractivity contribution in [3.63, 3.8) is 0 Å². The first kappa shape index (κ1) is 19.6. The number of aryl methyl sites for hydroxylation is 1. The number of piperidine rings is 1. The second kappa shape index (κ2) is 9.18. The third kappa shape index (κ3) is 4.48. The van der Waals surface area contributed by atoms with Gasteiger partial charge in [-0.2, -0.15) is 0 Å². The SMILES string of the molecule is CCc1nc2cnccc2c(=O)n1-c1ccc(OCCCN2CCCCC2)cc1. The van der Waals surface area contributed by atoms with E-state index in [4.69, 9.17) is 4.74 Å². The molecule has 152 valence electrons. The normalized spacial score (nSPS) is 14.9. The first-order valence-electron chi connectivity index (χ1n) is 10.6. The highest BCUT2D eigenvalue weighted by atomic mass is 16.5. The summed E-state index contributed by atoms with van der Waals surface area (Å²) in [5.41, 5.74) is 1.38. The highest BCUT2D eigenvalue weighted by Gasteiger charge is 2.12. The van der Waals surface area contributed by atoms with Gasteiger partial charge in [0.25, 0.3) is 5.56 Å². The minimum Gasteiger partial charge on any atom is -0.494 e. The molecule has 3 heterocycles. The molecule has 0 aliphatic carbocycles. The van der Waals surface area contributed by atoms with E-state index in [0.717, 1.165) is 30.2 Å². The fourth-order valence-electron chi connectivity index (χ4n) is 3.94. The van der Waals surface area contributed by atoms with Gasteiger partial charge in [0.2, 0.25) is 0 Å². The molecule has 0 saturated carbocycles. The molecule has 0 atom stereocenters. The van der Waals surface area contributed by atoms with E-state index in [1.807, 2.05) is 31.2 Å². The van der Waals surface area contributed by atoms with Crippen LogP contribution in [0.25, 0.3) is 16.6 Å². The van der Waals surface area contributed by atoms with Gasteiger partial charge < -0.3 is 9.64 Å². The molecule has 0 spiro atoms. The zero-order valence-corrected chi connectivity index (χ0v) is 17.0. The van der Waals surface area contributed by atoms with Crippen LogP contribution in [0.5, 0.6) is 5.75 Å². The van der Waals surface area contributed by atoms with E-state index in [9.17, 15) is 4.79 Å². The largest absolute Gasteiger partial charge is 0.494 e. The number of benzene rings is 1. The topological polar surface area (TPSA) is 60.3 Å². The molecular formula is C23H28N4O2. The zero-order chi connectivity index (χ0) is 20.1. The Bertz CT molecular complexity index is 1010. The summed E-state index contributed by atoms with van der Waals surface area (Å²) in [5.74, 6) is 1.56. The molecule has 3 aromatic rings. The molecule has 1 saturated heterocycles. The summed E-state index contributed by atoms with van der Waals surface area (Å²) in [4.78, 5) is 24.2. The molecule has 1 aliphatic rings. The van der Waals surface area contributed by atoms with Gasteiger partial charge in [0.1, 0.15) is 11.6 Å². The molecule has 0 bridgehead atoms. The average molecular weight is 393 g/mol. The zero-order valence-electron chi connectivity index (χ0n) is 17.0. The van der Waals surface area contributed by atoms with Crippen molar-refractivity contribution in [2.24, 2.45) is 0 Å². The average Bonchev–Trinajstić information content (AvgIpc) is 2.78. The predicted molar refractivity (Wildman–Crippen MR) is 115 cm³/mol. The summed E-state index contributed by atoms with van der Waals surface area (Å²) in [6.45, 7) is 6.25. The van der Waals surface area contributed by atoms with Gasteiger partial charge in [0, 0.05) is 19.2 Å². The summed E-state index contributed by atoms with van der Waals surface area (Å²) >= 11 is 0. The standard InChI is InChI=1S/C23H28N4O2/c1-2-22-25-21-17-24-12-11-20(21)23(28)27(22)18-7-9-19(10-8-18)29-16-6-15-26-13-4-3-5-14-26/h7-12,17H,2-6,13-16H2,1H3. The molecule has 0 amide bonds. The first-order chi connectivity index (χ1) is 14.3. The number of pyridine rings is 1. The molecule has 4 rings (SSSR count). The van der Waals surface area contributed by atoms with Gasteiger partial charge >= 0.3 is 0 Å². The number of ether oxygens (including phenoxy) is 1. The fraction of sp³-hybridized carbons (Fsp3) is 0.435. The number of hydrogen-bond acceptors (Lipinski definition) is 5. The lowest BCUT2D eigenvalue weighted by Gasteiger charge is -2.26. The number of rotatable bonds is 7. The molecular weight excluding hydrogens is 364 g/mol. The Labute approximate surface area is 171 Å². The van der Waals surface area contributed by atoms with Crippen LogP contribution in [0, 0.1) is 0 Å². The summed E-state index contributed by atoms with van der Waals surface area (Å²) in [5, 5.41) is 0.579. The number of nitrogens with zero attached hydrogens (tertiary/aromatic N) is 4. The Morgan fingerprint density at radius 2 is 1.86 bits per heavy atom. The molecule has 1 aromatic carbocycles. The Balaban J connectivity index is 1.45. The van der Waals surface area contributed by atoms with Crippen LogP contribution < -0.4 is 10.3 Å². The molecule has 0 unspecified atom stereocenters. The van der Waals surface area contributed by atoms with Gasteiger partial charge in [0.15, 0.2) is 0 Å². The molecule has 29 heavy (non-hydrogen) atoms. The highest BCUT2D eigenvalue weighted by molar-refractivity contribution is 5.76. The van der Waals surface area contributed by atoms with Gasteiger partial charge in [-0.3, -0.25) is 14.3 Å². The van der Waals surface area contributed by atoms with Gasteiger partial charge in [-0.25, -0.2) is 4.98 Å². The third-order valence-electron chi connectivity index (χ3n) is 5.49. The lowest BCUT2D eigenvalue weighted by Crippen LogP contribution is -2.31. The summed E-state index contributed by atoms with van der Waals surface area (Å²) in [7, 11) is 0. The van der Waals surface area contributed by atoms with Crippen LogP contribution in [-0.2, 0) is 6.42 Å². The fourth-order valence-corrected chi connectivity index (χ4v) is 3.94. The van der Waals surface area contributed by atoms with Crippen molar-refractivity contribution in [1.82, 2.24) is 19.4 Å². The lowest BCUT2D eigenvalue weighted by atomic mass is 10.1. The van der Waals surface area contributed by atoms with Crippen LogP contribution in [0.4, 0.5) is 0 Å². The lowest BCUT2D eigenvalue weighted by molar-refractivity contribution is 0.205. The maximum atomic E-state index is 13.0. The molecule has 6 heteroatoms. The van der Waals surface area contributed by atoms with Crippen LogP contribution >= 0.6 is 0 Å². The van der Waals surface area contributed by atoms with Crippen LogP contribution in [-0.4, -0.2) is 45.7 Å². The van der Waals surface area contributed by atoms with Crippen molar-refractivity contribution in [1.29, 1.82) is 0 Å². The number of hydrogen-bond donors (Lipinski definition) is 0. The van der Waals surface area contributed by atoms with E-state index in [1.54, 1.807) is 23.0 Å². The molecule has 0 radical (unpaired) electrons. The highest BCUT2D eigenvalue weighted by Crippen LogP contribution is 2.17. The van der Waals surface area contributed by atoms with Crippen molar-refractivity contribution in [2.75, 3.05) is 26.2 Å². The second-order valence-corrected chi connectivity index (χ2v) is 7.51. The van der Waals surface area contributed by atoms with E-state index in [0.29, 0.717) is 23.9 Å². The smallest absolute Gasteiger partial charge is 0.266 e. The van der Waals surface area contributed by atoms with Gasteiger partial charge in [-0.1, -0.05) is 13.3 Å². The Hall–Kier alpha value is -2.73. The minimum absolute atomic E-state index is 0.0653. The van der Waals surface area contributed by atoms with E-state index in [2.05, 4.69) is 14.9 Å². The summed E-state index contributed by atoms with van der Waals surface area (Å²) in [6, 6.07) is 9.43. The van der Waals surface area contributed by atoms with E-state index >= 15 is 0 Å². The van der Waals surface area contributed by atoms with Crippen molar-refractivity contribution >= 4 is 10.9 Å². The molecule has 2 aromatic heterocycles. The van der Waals surface area contributed by atoms with Gasteiger partial charge in [-0.15, -0.1) is 0 Å². The van der Waals surface area contributed by atoms with E-state index in [1.165, 1.54) is 32.4 Å². The first-order valence-corrected chi connectivity index (χ1v) is 10.6. The van der Waals surface area contributed by atoms with Crippen molar-refractivity contribution in [2.45, 2.75) is 39.0 Å². The Morgan fingerprint density at radius 3 is 2.62 bits per heavy atom. The van der Waals surface area contributed by atoms with Crippen molar-refractivity contribution < 1.29 is 4.74 Å². The van der Waals surface area contributed by atoms with Crippen LogP contribution in [0.2, 0.25) is 0 Å². The summed E-state index contributed by atoms with van der Waals surface area (Å²) < 4.78 is 7.59.